The Morgan fingerprint density at radius 2 is 0.952 bits per heavy atom. The first-order valence-electron chi connectivity index (χ1n) is 11.6. The van der Waals surface area contributed by atoms with Gasteiger partial charge in [0.2, 0.25) is 10.0 Å². The van der Waals surface area contributed by atoms with Crippen molar-refractivity contribution >= 4 is 41.3 Å². The zero-order valence-corrected chi connectivity index (χ0v) is 24.3. The van der Waals surface area contributed by atoms with Crippen LogP contribution in [-0.2, 0) is 19.1 Å². The van der Waals surface area contributed by atoms with Crippen molar-refractivity contribution in [2.75, 3.05) is 14.2 Å². The molecule has 0 atom stereocenters. The molecule has 0 aliphatic carbocycles. The molecule has 0 fully saturated rings. The smallest absolute Gasteiger partial charge is 0.264 e. The van der Waals surface area contributed by atoms with Gasteiger partial charge in [0.15, 0.2) is 11.6 Å². The van der Waals surface area contributed by atoms with Gasteiger partial charge < -0.3 is 9.47 Å². The van der Waals surface area contributed by atoms with Crippen LogP contribution in [0.3, 0.4) is 0 Å². The fourth-order valence-electron chi connectivity index (χ4n) is 3.51. The van der Waals surface area contributed by atoms with Crippen molar-refractivity contribution in [2.24, 2.45) is 5.14 Å². The summed E-state index contributed by atoms with van der Waals surface area (Å²) in [7, 11) is -0.367. The molecule has 4 rings (SSSR count). The van der Waals surface area contributed by atoms with E-state index in [9.17, 15) is 35.2 Å². The van der Waals surface area contributed by atoms with Gasteiger partial charge in [0.25, 0.3) is 9.05 Å². The molecule has 0 saturated carbocycles. The topological polar surface area (TPSA) is 147 Å². The molecule has 0 aromatic heterocycles. The van der Waals surface area contributed by atoms with E-state index in [0.29, 0.717) is 22.6 Å². The fraction of sp³-hybridized carbons (Fsp3) is 0.0714. The van der Waals surface area contributed by atoms with E-state index in [1.54, 1.807) is 24.3 Å². The van der Waals surface area contributed by atoms with Crippen LogP contribution in [-0.4, -0.2) is 42.6 Å². The first-order chi connectivity index (χ1) is 19.6. The maximum Gasteiger partial charge on any atom is 0.264 e. The van der Waals surface area contributed by atoms with E-state index in [1.165, 1.54) is 50.6 Å². The maximum absolute atomic E-state index is 13.4. The second kappa shape index (κ2) is 13.2. The summed E-state index contributed by atoms with van der Waals surface area (Å²) in [5.74, 6) is -1.73. The number of ether oxygens (including phenoxy) is 2. The number of methoxy groups -OCH3 is 2. The van der Waals surface area contributed by atoms with Crippen molar-refractivity contribution in [2.45, 2.75) is 9.79 Å². The molecule has 9 nitrogen and oxygen atoms in total. The predicted molar refractivity (Wildman–Crippen MR) is 150 cm³/mol. The summed E-state index contributed by atoms with van der Waals surface area (Å²) < 4.78 is 81.8. The Balaban J connectivity index is 0.000000230. The summed E-state index contributed by atoms with van der Waals surface area (Å²) in [4.78, 5) is 23.0. The molecule has 220 valence electrons. The number of sulfonamides is 1. The van der Waals surface area contributed by atoms with Gasteiger partial charge in [0.1, 0.15) is 32.9 Å². The lowest BCUT2D eigenvalue weighted by Crippen LogP contribution is -2.15. The summed E-state index contributed by atoms with van der Waals surface area (Å²) in [6.07, 6.45) is 0. The second-order valence-corrected chi connectivity index (χ2v) is 12.5. The SMILES string of the molecule is COc1ccc(C(=O)c2ccc(F)c(S(=O)(=O)Cl)c2)cc1.COc1ccc(C(=O)c2ccc(F)c(S(N)(=O)=O)c2)cc1. The molecule has 0 unspecified atom stereocenters. The zero-order chi connectivity index (χ0) is 31.2. The Morgan fingerprint density at radius 3 is 1.29 bits per heavy atom. The number of rotatable bonds is 8. The molecule has 0 radical (unpaired) electrons. The molecule has 0 bridgehead atoms. The van der Waals surface area contributed by atoms with Crippen LogP contribution in [0.25, 0.3) is 0 Å². The van der Waals surface area contributed by atoms with Crippen LogP contribution in [0.5, 0.6) is 11.5 Å². The number of carbonyl (C=O) groups is 2. The Hall–Kier alpha value is -4.17. The lowest BCUT2D eigenvalue weighted by Gasteiger charge is -2.06. The summed E-state index contributed by atoms with van der Waals surface area (Å²) in [6, 6.07) is 18.5. The fourth-order valence-corrected chi connectivity index (χ4v) is 5.07. The van der Waals surface area contributed by atoms with Gasteiger partial charge >= 0.3 is 0 Å². The van der Waals surface area contributed by atoms with Crippen LogP contribution < -0.4 is 14.6 Å². The largest absolute Gasteiger partial charge is 0.497 e. The quantitative estimate of drug-likeness (QED) is 0.216. The van der Waals surface area contributed by atoms with E-state index in [2.05, 4.69) is 0 Å². The van der Waals surface area contributed by atoms with Crippen LogP contribution >= 0.6 is 10.7 Å². The molecule has 0 spiro atoms. The molecule has 14 heteroatoms. The Morgan fingerprint density at radius 1 is 0.619 bits per heavy atom. The number of primary sulfonamides is 1. The summed E-state index contributed by atoms with van der Waals surface area (Å²) >= 11 is 0. The monoisotopic (exact) mass is 637 g/mol. The number of hydrogen-bond donors (Lipinski definition) is 1. The van der Waals surface area contributed by atoms with E-state index in [4.69, 9.17) is 25.3 Å². The predicted octanol–water partition coefficient (Wildman–Crippen LogP) is 4.71. The molecular weight excluding hydrogens is 616 g/mol. The average molecular weight is 638 g/mol. The van der Waals surface area contributed by atoms with E-state index >= 15 is 0 Å². The summed E-state index contributed by atoms with van der Waals surface area (Å²) in [5.41, 5.74) is 0.703. The lowest BCUT2D eigenvalue weighted by molar-refractivity contribution is 0.103. The molecule has 42 heavy (non-hydrogen) atoms. The van der Waals surface area contributed by atoms with Crippen molar-refractivity contribution in [3.05, 3.63) is 119 Å². The molecule has 0 saturated heterocycles. The van der Waals surface area contributed by atoms with Gasteiger partial charge in [0, 0.05) is 32.9 Å². The number of halogens is 3. The molecule has 2 N–H and O–H groups in total. The van der Waals surface area contributed by atoms with Crippen molar-refractivity contribution in [1.29, 1.82) is 0 Å². The molecular formula is C28H22ClF2NO8S2. The van der Waals surface area contributed by atoms with Crippen LogP contribution in [0, 0.1) is 11.6 Å². The molecule has 0 aliphatic heterocycles. The van der Waals surface area contributed by atoms with Crippen LogP contribution in [0.15, 0.2) is 94.7 Å². The highest BCUT2D eigenvalue weighted by Gasteiger charge is 2.20. The minimum Gasteiger partial charge on any atom is -0.497 e. The van der Waals surface area contributed by atoms with Crippen LogP contribution in [0.1, 0.15) is 31.8 Å². The zero-order valence-electron chi connectivity index (χ0n) is 21.9. The van der Waals surface area contributed by atoms with Crippen molar-refractivity contribution < 1.29 is 44.7 Å². The third-order valence-corrected chi connectivity index (χ3v) is 7.92. The standard InChI is InChI=1S/C14H10ClFO4S.C14H12FNO4S/c1-20-11-5-2-9(3-6-11)14(17)10-4-7-12(16)13(8-10)21(15,18)19;1-20-11-5-2-9(3-6-11)14(17)10-4-7-12(15)13(8-10)21(16,18)19/h2-8H,1H3;2-8H,1H3,(H2,16,18,19). The van der Waals surface area contributed by atoms with Crippen LogP contribution in [0.2, 0.25) is 0 Å². The number of hydrogen-bond acceptors (Lipinski definition) is 8. The summed E-state index contributed by atoms with van der Waals surface area (Å²) in [5, 5.41) is 4.91. The highest BCUT2D eigenvalue weighted by Crippen LogP contribution is 2.23. The number of ketones is 2. The Labute approximate surface area is 244 Å². The highest BCUT2D eigenvalue weighted by molar-refractivity contribution is 8.13. The molecule has 0 aliphatic rings. The van der Waals surface area contributed by atoms with Crippen molar-refractivity contribution in [1.82, 2.24) is 0 Å². The van der Waals surface area contributed by atoms with E-state index in [-0.39, 0.29) is 11.1 Å². The van der Waals surface area contributed by atoms with Crippen molar-refractivity contribution in [3.8, 4) is 11.5 Å². The Bertz CT molecular complexity index is 1710. The van der Waals surface area contributed by atoms with E-state index < -0.39 is 52.1 Å². The van der Waals surface area contributed by atoms with Gasteiger partial charge in [-0.15, -0.1) is 0 Å². The molecule has 0 amide bonds. The third kappa shape index (κ3) is 7.97. The van der Waals surface area contributed by atoms with Gasteiger partial charge in [-0.2, -0.15) is 0 Å². The average Bonchev–Trinajstić information content (AvgIpc) is 2.96. The van der Waals surface area contributed by atoms with Gasteiger partial charge in [-0.3, -0.25) is 9.59 Å². The van der Waals surface area contributed by atoms with Gasteiger partial charge in [0.05, 0.1) is 14.2 Å². The molecule has 0 heterocycles. The van der Waals surface area contributed by atoms with E-state index in [0.717, 1.165) is 24.3 Å². The number of benzene rings is 4. The third-order valence-electron chi connectivity index (χ3n) is 5.66. The molecule has 4 aromatic rings. The van der Waals surface area contributed by atoms with Gasteiger partial charge in [-0.05, 0) is 84.9 Å². The highest BCUT2D eigenvalue weighted by atomic mass is 35.7. The minimum absolute atomic E-state index is 0.0285. The summed E-state index contributed by atoms with van der Waals surface area (Å²) in [6.45, 7) is 0. The minimum atomic E-state index is -4.26. The lowest BCUT2D eigenvalue weighted by atomic mass is 10.0. The van der Waals surface area contributed by atoms with Gasteiger partial charge in [-0.1, -0.05) is 0 Å². The van der Waals surface area contributed by atoms with E-state index in [1.807, 2.05) is 0 Å². The first-order valence-corrected chi connectivity index (χ1v) is 15.5. The normalized spacial score (nSPS) is 11.2. The Kier molecular flexibility index (Phi) is 10.2. The number of carbonyl (C=O) groups excluding carboxylic acids is 2. The number of nitrogens with two attached hydrogens (primary N) is 1. The van der Waals surface area contributed by atoms with Crippen molar-refractivity contribution in [3.63, 3.8) is 0 Å². The van der Waals surface area contributed by atoms with Crippen LogP contribution in [0.4, 0.5) is 8.78 Å². The molecule has 4 aromatic carbocycles. The second-order valence-electron chi connectivity index (χ2n) is 8.39. The maximum atomic E-state index is 13.4. The van der Waals surface area contributed by atoms with Gasteiger partial charge in [-0.25, -0.2) is 30.8 Å². The first kappa shape index (κ1) is 32.3.